The molecule has 0 atom stereocenters. The molecule has 0 saturated heterocycles. The molecule has 2 aromatic carbocycles. The zero-order chi connectivity index (χ0) is 18.5. The summed E-state index contributed by atoms with van der Waals surface area (Å²) in [5.74, 6) is 0.853. The van der Waals surface area contributed by atoms with E-state index in [1.807, 2.05) is 31.2 Å². The van der Waals surface area contributed by atoms with Crippen molar-refractivity contribution in [2.75, 3.05) is 13.7 Å². The van der Waals surface area contributed by atoms with Crippen LogP contribution in [0.15, 0.2) is 48.7 Å². The van der Waals surface area contributed by atoms with E-state index >= 15 is 0 Å². The Balaban J connectivity index is 1.89. The second kappa shape index (κ2) is 7.82. The molecule has 0 amide bonds. The van der Waals surface area contributed by atoms with Crippen LogP contribution in [0.1, 0.15) is 17.5 Å². The van der Waals surface area contributed by atoms with Gasteiger partial charge in [0.2, 0.25) is 0 Å². The highest BCUT2D eigenvalue weighted by molar-refractivity contribution is 5.96. The van der Waals surface area contributed by atoms with Gasteiger partial charge in [-0.25, -0.2) is 4.98 Å². The van der Waals surface area contributed by atoms with Gasteiger partial charge in [-0.05, 0) is 37.0 Å². The van der Waals surface area contributed by atoms with Crippen LogP contribution in [0.3, 0.4) is 0 Å². The molecule has 3 aromatic rings. The van der Waals surface area contributed by atoms with Crippen LogP contribution in [0.25, 0.3) is 10.9 Å². The average molecular weight is 352 g/mol. The summed E-state index contributed by atoms with van der Waals surface area (Å²) in [5.41, 5.74) is 2.33. The van der Waals surface area contributed by atoms with Crippen LogP contribution in [-0.2, 0) is 6.42 Å². The van der Waals surface area contributed by atoms with Crippen LogP contribution in [0, 0.1) is 17.0 Å². The van der Waals surface area contributed by atoms with E-state index in [1.54, 1.807) is 6.20 Å². The molecule has 6 heteroatoms. The first-order chi connectivity index (χ1) is 12.6. The summed E-state index contributed by atoms with van der Waals surface area (Å²) in [4.78, 5) is 15.1. The molecular formula is C20H20N2O4. The molecule has 0 spiro atoms. The minimum Gasteiger partial charge on any atom is -0.493 e. The van der Waals surface area contributed by atoms with Gasteiger partial charge in [-0.2, -0.15) is 0 Å². The number of ether oxygens (including phenoxy) is 2. The fourth-order valence-electron chi connectivity index (χ4n) is 2.95. The number of nitro groups is 1. The van der Waals surface area contributed by atoms with E-state index in [0.717, 1.165) is 18.4 Å². The van der Waals surface area contributed by atoms with Gasteiger partial charge in [0, 0.05) is 6.20 Å². The Kier molecular flexibility index (Phi) is 5.31. The predicted molar refractivity (Wildman–Crippen MR) is 99.9 cm³/mol. The van der Waals surface area contributed by atoms with E-state index < -0.39 is 4.92 Å². The third-order valence-corrected chi connectivity index (χ3v) is 4.24. The number of aryl methyl sites for hydroxylation is 2. The van der Waals surface area contributed by atoms with Crippen LogP contribution < -0.4 is 9.47 Å². The normalized spacial score (nSPS) is 10.7. The molecular weight excluding hydrogens is 332 g/mol. The largest absolute Gasteiger partial charge is 0.493 e. The summed E-state index contributed by atoms with van der Waals surface area (Å²) in [6, 6.07) is 13.4. The molecule has 0 aliphatic carbocycles. The molecule has 1 aromatic heterocycles. The van der Waals surface area contributed by atoms with Crippen LogP contribution in [0.5, 0.6) is 11.5 Å². The first-order valence-corrected chi connectivity index (χ1v) is 8.39. The summed E-state index contributed by atoms with van der Waals surface area (Å²) in [5, 5.41) is 12.0. The Morgan fingerprint density at radius 3 is 2.65 bits per heavy atom. The first kappa shape index (κ1) is 17.7. The predicted octanol–water partition coefficient (Wildman–Crippen LogP) is 4.47. The number of nitrogens with zero attached hydrogens (tertiary/aromatic N) is 2. The van der Waals surface area contributed by atoms with Crippen LogP contribution in [0.2, 0.25) is 0 Å². The van der Waals surface area contributed by atoms with Gasteiger partial charge < -0.3 is 9.47 Å². The Morgan fingerprint density at radius 2 is 1.96 bits per heavy atom. The fourth-order valence-corrected chi connectivity index (χ4v) is 2.95. The molecule has 0 radical (unpaired) electrons. The maximum absolute atomic E-state index is 11.4. The van der Waals surface area contributed by atoms with Crippen molar-refractivity contribution in [3.05, 3.63) is 69.9 Å². The molecule has 0 fully saturated rings. The minimum atomic E-state index is -0.448. The molecule has 0 aliphatic rings. The number of pyridine rings is 1. The lowest BCUT2D eigenvalue weighted by Gasteiger charge is -2.15. The summed E-state index contributed by atoms with van der Waals surface area (Å²) in [6.45, 7) is 2.36. The molecule has 1 heterocycles. The molecule has 134 valence electrons. The minimum absolute atomic E-state index is 0.0859. The molecule has 0 N–H and O–H groups in total. The summed E-state index contributed by atoms with van der Waals surface area (Å²) >= 11 is 0. The van der Waals surface area contributed by atoms with E-state index in [0.29, 0.717) is 29.0 Å². The Hall–Kier alpha value is -3.15. The van der Waals surface area contributed by atoms with Crippen molar-refractivity contribution in [3.8, 4) is 11.5 Å². The van der Waals surface area contributed by atoms with Gasteiger partial charge in [-0.1, -0.05) is 30.3 Å². The maximum atomic E-state index is 11.4. The lowest BCUT2D eigenvalue weighted by atomic mass is 10.1. The Morgan fingerprint density at radius 1 is 1.19 bits per heavy atom. The van der Waals surface area contributed by atoms with Gasteiger partial charge in [-0.3, -0.25) is 10.1 Å². The highest BCUT2D eigenvalue weighted by Crippen LogP contribution is 2.41. The number of benzene rings is 2. The van der Waals surface area contributed by atoms with Crippen LogP contribution in [0.4, 0.5) is 5.69 Å². The Bertz CT molecular complexity index is 926. The van der Waals surface area contributed by atoms with Crippen molar-refractivity contribution in [2.45, 2.75) is 19.8 Å². The number of non-ortho nitro benzene ring substituents is 1. The van der Waals surface area contributed by atoms with Crippen molar-refractivity contribution in [3.63, 3.8) is 0 Å². The van der Waals surface area contributed by atoms with Gasteiger partial charge >= 0.3 is 0 Å². The SMILES string of the molecule is COc1cc([N+](=O)[O-])c2nccc(C)c2c1OCCCc1ccccc1. The van der Waals surface area contributed by atoms with E-state index in [1.165, 1.54) is 18.7 Å². The van der Waals surface area contributed by atoms with Gasteiger partial charge in [-0.15, -0.1) is 0 Å². The molecule has 0 aliphatic heterocycles. The lowest BCUT2D eigenvalue weighted by Crippen LogP contribution is -2.04. The van der Waals surface area contributed by atoms with E-state index in [-0.39, 0.29) is 5.69 Å². The molecule has 0 saturated carbocycles. The summed E-state index contributed by atoms with van der Waals surface area (Å²) in [6.07, 6.45) is 3.28. The quantitative estimate of drug-likeness (QED) is 0.356. The number of rotatable bonds is 7. The molecule has 0 bridgehead atoms. The van der Waals surface area contributed by atoms with Crippen molar-refractivity contribution < 1.29 is 14.4 Å². The highest BCUT2D eigenvalue weighted by Gasteiger charge is 2.23. The van der Waals surface area contributed by atoms with Gasteiger partial charge in [0.15, 0.2) is 17.0 Å². The number of nitro benzene ring substituents is 1. The average Bonchev–Trinajstić information content (AvgIpc) is 2.65. The number of aromatic nitrogens is 1. The zero-order valence-electron chi connectivity index (χ0n) is 14.8. The molecule has 6 nitrogen and oxygen atoms in total. The number of methoxy groups -OCH3 is 1. The van der Waals surface area contributed by atoms with Gasteiger partial charge in [0.1, 0.15) is 0 Å². The zero-order valence-corrected chi connectivity index (χ0v) is 14.8. The maximum Gasteiger partial charge on any atom is 0.299 e. The summed E-state index contributed by atoms with van der Waals surface area (Å²) in [7, 11) is 1.48. The molecule has 0 unspecified atom stereocenters. The third-order valence-electron chi connectivity index (χ3n) is 4.24. The number of fused-ring (bicyclic) bond motifs is 1. The monoisotopic (exact) mass is 352 g/mol. The number of hydrogen-bond donors (Lipinski definition) is 0. The van der Waals surface area contributed by atoms with Crippen molar-refractivity contribution in [2.24, 2.45) is 0 Å². The second-order valence-electron chi connectivity index (χ2n) is 5.97. The van der Waals surface area contributed by atoms with Crippen LogP contribution in [-0.4, -0.2) is 23.6 Å². The van der Waals surface area contributed by atoms with E-state index in [2.05, 4.69) is 17.1 Å². The van der Waals surface area contributed by atoms with E-state index in [9.17, 15) is 10.1 Å². The smallest absolute Gasteiger partial charge is 0.299 e. The van der Waals surface area contributed by atoms with Gasteiger partial charge in [0.05, 0.1) is 30.1 Å². The lowest BCUT2D eigenvalue weighted by molar-refractivity contribution is -0.383. The van der Waals surface area contributed by atoms with Crippen molar-refractivity contribution in [1.29, 1.82) is 0 Å². The van der Waals surface area contributed by atoms with Gasteiger partial charge in [0.25, 0.3) is 5.69 Å². The van der Waals surface area contributed by atoms with Crippen molar-refractivity contribution in [1.82, 2.24) is 4.98 Å². The Labute approximate surface area is 151 Å². The standard InChI is InChI=1S/C20H20N2O4/c1-14-10-11-21-19-16(22(23)24)13-17(25-2)20(18(14)19)26-12-6-9-15-7-4-3-5-8-15/h3-5,7-8,10-11,13H,6,9,12H2,1-2H3. The molecule has 26 heavy (non-hydrogen) atoms. The number of hydrogen-bond acceptors (Lipinski definition) is 5. The third kappa shape index (κ3) is 3.59. The van der Waals surface area contributed by atoms with Crippen LogP contribution >= 0.6 is 0 Å². The van der Waals surface area contributed by atoms with Crippen molar-refractivity contribution >= 4 is 16.6 Å². The first-order valence-electron chi connectivity index (χ1n) is 8.39. The summed E-state index contributed by atoms with van der Waals surface area (Å²) < 4.78 is 11.3. The molecule has 3 rings (SSSR count). The second-order valence-corrected chi connectivity index (χ2v) is 5.97. The highest BCUT2D eigenvalue weighted by atomic mass is 16.6. The topological polar surface area (TPSA) is 74.5 Å². The van der Waals surface area contributed by atoms with E-state index in [4.69, 9.17) is 9.47 Å². The fraction of sp³-hybridized carbons (Fsp3) is 0.250.